The van der Waals surface area contributed by atoms with Crippen LogP contribution in [0.2, 0.25) is 5.02 Å². The second-order valence-corrected chi connectivity index (χ2v) is 8.45. The van der Waals surface area contributed by atoms with E-state index in [1.54, 1.807) is 6.07 Å². The molecule has 1 aromatic heterocycles. The van der Waals surface area contributed by atoms with Gasteiger partial charge in [-0.05, 0) is 44.5 Å². The van der Waals surface area contributed by atoms with Crippen molar-refractivity contribution >= 4 is 41.5 Å². The molecular formula is C23H31Cl2N7O3. The minimum absolute atomic E-state index is 0. The van der Waals surface area contributed by atoms with Crippen molar-refractivity contribution in [2.75, 3.05) is 56.6 Å². The predicted molar refractivity (Wildman–Crippen MR) is 138 cm³/mol. The molecule has 35 heavy (non-hydrogen) atoms. The number of carbonyl (C=O) groups excluding carboxylic acids is 1. The third kappa shape index (κ3) is 9.47. The zero-order valence-corrected chi connectivity index (χ0v) is 21.4. The number of nitriles is 1. The molecule has 190 valence electrons. The Morgan fingerprint density at radius 1 is 1.23 bits per heavy atom. The summed E-state index contributed by atoms with van der Waals surface area (Å²) in [6.45, 7) is 10.0. The lowest BCUT2D eigenvalue weighted by Gasteiger charge is -2.26. The van der Waals surface area contributed by atoms with E-state index in [2.05, 4.69) is 30.8 Å². The second kappa shape index (κ2) is 14.7. The van der Waals surface area contributed by atoms with Gasteiger partial charge in [0.1, 0.15) is 11.8 Å². The summed E-state index contributed by atoms with van der Waals surface area (Å²) in [6.07, 6.45) is 3.23. The zero-order chi connectivity index (χ0) is 24.3. The number of carbonyl (C=O) groups is 1. The highest BCUT2D eigenvalue weighted by Gasteiger charge is 2.15. The van der Waals surface area contributed by atoms with Crippen LogP contribution in [0.25, 0.3) is 0 Å². The van der Waals surface area contributed by atoms with Crippen molar-refractivity contribution in [1.29, 1.82) is 5.26 Å². The van der Waals surface area contributed by atoms with Gasteiger partial charge in [0, 0.05) is 31.2 Å². The molecule has 1 aliphatic heterocycles. The minimum Gasteiger partial charge on any atom is -0.489 e. The van der Waals surface area contributed by atoms with Crippen LogP contribution < -0.4 is 20.7 Å². The maximum atomic E-state index is 12.5. The number of nitrogens with one attached hydrogen (secondary N) is 3. The van der Waals surface area contributed by atoms with Crippen molar-refractivity contribution in [2.24, 2.45) is 0 Å². The summed E-state index contributed by atoms with van der Waals surface area (Å²) < 4.78 is 11.3. The third-order valence-corrected chi connectivity index (χ3v) is 5.40. The van der Waals surface area contributed by atoms with Gasteiger partial charge < -0.3 is 20.1 Å². The molecule has 1 aliphatic rings. The minimum atomic E-state index is -0.527. The van der Waals surface area contributed by atoms with E-state index in [4.69, 9.17) is 26.3 Å². The first kappa shape index (κ1) is 28.6. The van der Waals surface area contributed by atoms with E-state index in [0.29, 0.717) is 16.5 Å². The number of hydrogen-bond acceptors (Lipinski definition) is 8. The van der Waals surface area contributed by atoms with Gasteiger partial charge in [-0.3, -0.25) is 10.2 Å². The van der Waals surface area contributed by atoms with Crippen molar-refractivity contribution in [3.8, 4) is 11.8 Å². The molecule has 0 atom stereocenters. The van der Waals surface area contributed by atoms with Crippen LogP contribution in [0.4, 0.5) is 16.3 Å². The quantitative estimate of drug-likeness (QED) is 0.405. The number of ether oxygens (including phenoxy) is 2. The normalized spacial score (nSPS) is 13.6. The fourth-order valence-electron chi connectivity index (χ4n) is 3.37. The molecule has 0 unspecified atom stereocenters. The molecule has 1 aromatic carbocycles. The molecule has 0 aliphatic carbocycles. The zero-order valence-electron chi connectivity index (χ0n) is 19.8. The number of nitrogens with zero attached hydrogens (tertiary/aromatic N) is 4. The van der Waals surface area contributed by atoms with Gasteiger partial charge in [-0.1, -0.05) is 11.6 Å². The van der Waals surface area contributed by atoms with Crippen LogP contribution >= 0.6 is 24.0 Å². The largest absolute Gasteiger partial charge is 0.489 e. The summed E-state index contributed by atoms with van der Waals surface area (Å²) in [5.41, 5.74) is 1.54. The van der Waals surface area contributed by atoms with Crippen molar-refractivity contribution in [1.82, 2.24) is 20.2 Å². The van der Waals surface area contributed by atoms with Gasteiger partial charge >= 0.3 is 6.03 Å². The van der Waals surface area contributed by atoms with Crippen molar-refractivity contribution in [3.05, 3.63) is 40.8 Å². The van der Waals surface area contributed by atoms with Gasteiger partial charge in [-0.25, -0.2) is 14.8 Å². The van der Waals surface area contributed by atoms with Crippen LogP contribution in [-0.2, 0) is 11.2 Å². The summed E-state index contributed by atoms with van der Waals surface area (Å²) in [5, 5.41) is 18.1. The number of aromatic nitrogens is 2. The lowest BCUT2D eigenvalue weighted by Crippen LogP contribution is -2.40. The van der Waals surface area contributed by atoms with E-state index in [1.165, 1.54) is 12.4 Å². The molecule has 12 heteroatoms. The lowest BCUT2D eigenvalue weighted by atomic mass is 10.1. The summed E-state index contributed by atoms with van der Waals surface area (Å²) >= 11 is 6.52. The Morgan fingerprint density at radius 2 is 2.00 bits per heavy atom. The van der Waals surface area contributed by atoms with Gasteiger partial charge in [0.25, 0.3) is 0 Å². The summed E-state index contributed by atoms with van der Waals surface area (Å²) in [6, 6.07) is 4.90. The van der Waals surface area contributed by atoms with E-state index in [1.807, 2.05) is 26.0 Å². The van der Waals surface area contributed by atoms with Gasteiger partial charge in [0.2, 0.25) is 0 Å². The van der Waals surface area contributed by atoms with Crippen LogP contribution in [0.1, 0.15) is 25.1 Å². The number of halogens is 2. The van der Waals surface area contributed by atoms with Crippen molar-refractivity contribution < 1.29 is 14.3 Å². The van der Waals surface area contributed by atoms with Crippen LogP contribution in [0.5, 0.6) is 5.75 Å². The molecule has 10 nitrogen and oxygen atoms in total. The van der Waals surface area contributed by atoms with E-state index >= 15 is 0 Å². The molecular weight excluding hydrogens is 493 g/mol. The predicted octanol–water partition coefficient (Wildman–Crippen LogP) is 3.32. The maximum absolute atomic E-state index is 12.5. The molecule has 0 saturated carbocycles. The molecule has 1 saturated heterocycles. The Morgan fingerprint density at radius 3 is 2.66 bits per heavy atom. The molecule has 3 N–H and O–H groups in total. The fraction of sp³-hybridized carbons (Fsp3) is 0.478. The highest BCUT2D eigenvalue weighted by atomic mass is 35.5. The smallest absolute Gasteiger partial charge is 0.325 e. The number of benzene rings is 1. The van der Waals surface area contributed by atoms with Crippen molar-refractivity contribution in [3.63, 3.8) is 0 Å². The number of amides is 2. The van der Waals surface area contributed by atoms with Gasteiger partial charge in [-0.15, -0.1) is 12.4 Å². The first-order chi connectivity index (χ1) is 16.4. The molecule has 3 rings (SSSR count). The Bertz CT molecular complexity index is 994. The molecule has 2 heterocycles. The highest BCUT2D eigenvalue weighted by molar-refractivity contribution is 6.31. The first-order valence-corrected chi connectivity index (χ1v) is 11.6. The first-order valence-electron chi connectivity index (χ1n) is 11.2. The number of urea groups is 1. The van der Waals surface area contributed by atoms with E-state index in [9.17, 15) is 4.79 Å². The van der Waals surface area contributed by atoms with Crippen LogP contribution in [0.3, 0.4) is 0 Å². The Kier molecular flexibility index (Phi) is 12.0. The lowest BCUT2D eigenvalue weighted by molar-refractivity contribution is 0.0385. The average molecular weight is 524 g/mol. The van der Waals surface area contributed by atoms with Crippen LogP contribution in [0, 0.1) is 11.3 Å². The number of rotatable bonds is 10. The number of anilines is 2. The Balaban J connectivity index is 0.00000432. The van der Waals surface area contributed by atoms with E-state index in [0.717, 1.165) is 57.9 Å². The second-order valence-electron chi connectivity index (χ2n) is 8.04. The van der Waals surface area contributed by atoms with Gasteiger partial charge in [0.15, 0.2) is 11.5 Å². The molecule has 2 aromatic rings. The van der Waals surface area contributed by atoms with Crippen LogP contribution in [0.15, 0.2) is 24.5 Å². The third-order valence-electron chi connectivity index (χ3n) is 5.05. The maximum Gasteiger partial charge on any atom is 0.325 e. The van der Waals surface area contributed by atoms with Gasteiger partial charge in [-0.2, -0.15) is 5.26 Å². The summed E-state index contributed by atoms with van der Waals surface area (Å²) in [5.74, 6) is 0.748. The summed E-state index contributed by atoms with van der Waals surface area (Å²) in [7, 11) is 0. The molecule has 1 fully saturated rings. The Labute approximate surface area is 216 Å². The topological polar surface area (TPSA) is 124 Å². The molecule has 0 bridgehead atoms. The summed E-state index contributed by atoms with van der Waals surface area (Å²) in [4.78, 5) is 22.7. The number of morpholine rings is 1. The SMILES string of the molecule is CC(C)Oc1cc(CCNCCN2CCOCC2)c(Cl)cc1NC(=O)Nc1cnc(C#N)cn1.Cl. The highest BCUT2D eigenvalue weighted by Crippen LogP contribution is 2.32. The molecule has 2 amide bonds. The molecule has 0 radical (unpaired) electrons. The monoisotopic (exact) mass is 523 g/mol. The van der Waals surface area contributed by atoms with E-state index < -0.39 is 6.03 Å². The van der Waals surface area contributed by atoms with Crippen molar-refractivity contribution in [2.45, 2.75) is 26.4 Å². The van der Waals surface area contributed by atoms with Gasteiger partial charge in [0.05, 0.1) is 37.4 Å². The fourth-order valence-corrected chi connectivity index (χ4v) is 3.62. The number of hydrogen-bond donors (Lipinski definition) is 3. The average Bonchev–Trinajstić information content (AvgIpc) is 2.82. The van der Waals surface area contributed by atoms with Crippen LogP contribution in [-0.4, -0.2) is 72.9 Å². The van der Waals surface area contributed by atoms with E-state index in [-0.39, 0.29) is 30.0 Å². The Hall–Kier alpha value is -2.68. The standard InChI is InChI=1S/C23H30ClN7O3.ClH/c1-16(2)34-21-11-17(3-4-26-5-6-31-7-9-33-10-8-31)19(24)12-20(21)29-23(32)30-22-15-27-18(13-25)14-28-22;/h11-12,14-16,26H,3-10H2,1-2H3,(H2,28,29,30,32);1H. The molecule has 0 spiro atoms.